The number of hydrogen-bond acceptors (Lipinski definition) is 6. The molecule has 0 aliphatic heterocycles. The highest BCUT2D eigenvalue weighted by Crippen LogP contribution is 2.35. The topological polar surface area (TPSA) is 126 Å². The molecule has 158 valence electrons. The van der Waals surface area contributed by atoms with Crippen molar-refractivity contribution in [2.24, 2.45) is 11.8 Å². The van der Waals surface area contributed by atoms with Crippen molar-refractivity contribution in [2.75, 3.05) is 0 Å². The van der Waals surface area contributed by atoms with Gasteiger partial charge in [0.15, 0.2) is 35.0 Å². The molecule has 2 aliphatic rings. The molecule has 30 heavy (non-hydrogen) atoms. The fourth-order valence-electron chi connectivity index (χ4n) is 3.61. The molecule has 0 radical (unpaired) electrons. The summed E-state index contributed by atoms with van der Waals surface area (Å²) in [6.45, 7) is 7.22. The molecule has 8 heteroatoms. The molecular formula is C22H24N2O6. The lowest BCUT2D eigenvalue weighted by Gasteiger charge is -2.14. The van der Waals surface area contributed by atoms with Crippen LogP contribution in [0.25, 0.3) is 0 Å². The van der Waals surface area contributed by atoms with E-state index in [0.29, 0.717) is 12.8 Å². The predicted molar refractivity (Wildman–Crippen MR) is 107 cm³/mol. The van der Waals surface area contributed by atoms with Crippen LogP contribution in [0.5, 0.6) is 0 Å². The third-order valence-corrected chi connectivity index (χ3v) is 5.79. The average Bonchev–Trinajstić information content (AvgIpc) is 3.10. The van der Waals surface area contributed by atoms with E-state index >= 15 is 0 Å². The van der Waals surface area contributed by atoms with Crippen molar-refractivity contribution in [3.63, 3.8) is 0 Å². The molecule has 0 bridgehead atoms. The summed E-state index contributed by atoms with van der Waals surface area (Å²) in [7, 11) is 0. The second-order valence-electron chi connectivity index (χ2n) is 7.90. The Bertz CT molecular complexity index is 865. The first-order chi connectivity index (χ1) is 14.1. The van der Waals surface area contributed by atoms with Crippen LogP contribution in [0.3, 0.4) is 0 Å². The average molecular weight is 412 g/mol. The summed E-state index contributed by atoms with van der Waals surface area (Å²) in [6, 6.07) is 1.94. The summed E-state index contributed by atoms with van der Waals surface area (Å²) < 4.78 is 0. The van der Waals surface area contributed by atoms with Crippen molar-refractivity contribution >= 4 is 34.9 Å². The maximum absolute atomic E-state index is 12.7. The van der Waals surface area contributed by atoms with E-state index < -0.39 is 46.8 Å². The van der Waals surface area contributed by atoms with Crippen molar-refractivity contribution in [1.29, 1.82) is 0 Å². The van der Waals surface area contributed by atoms with Crippen molar-refractivity contribution < 1.29 is 28.8 Å². The van der Waals surface area contributed by atoms with Gasteiger partial charge in [-0.25, -0.2) is 0 Å². The highest BCUT2D eigenvalue weighted by Gasteiger charge is 2.49. The molecule has 0 saturated heterocycles. The molecule has 2 amide bonds. The Balaban J connectivity index is 1.93. The number of hydrogen-bond donors (Lipinski definition) is 2. The number of rotatable bonds is 6. The maximum atomic E-state index is 12.7. The lowest BCUT2D eigenvalue weighted by atomic mass is 10.0. The first kappa shape index (κ1) is 21.5. The minimum absolute atomic E-state index is 0.0628. The van der Waals surface area contributed by atoms with E-state index in [1.165, 1.54) is 12.1 Å². The molecule has 2 aliphatic carbocycles. The van der Waals surface area contributed by atoms with E-state index in [9.17, 15) is 28.8 Å². The zero-order chi connectivity index (χ0) is 22.3. The number of nitrogens with one attached hydrogen (secondary N) is 2. The van der Waals surface area contributed by atoms with Crippen molar-refractivity contribution in [3.8, 4) is 0 Å². The van der Waals surface area contributed by atoms with Gasteiger partial charge in [-0.1, -0.05) is 13.8 Å². The molecule has 1 aromatic carbocycles. The lowest BCUT2D eigenvalue weighted by molar-refractivity contribution is -0.123. The zero-order valence-corrected chi connectivity index (χ0v) is 17.3. The molecule has 0 fully saturated rings. The molecular weight excluding hydrogens is 388 g/mol. The van der Waals surface area contributed by atoms with Gasteiger partial charge in [-0.2, -0.15) is 0 Å². The summed E-state index contributed by atoms with van der Waals surface area (Å²) in [5, 5.41) is 5.24. The van der Waals surface area contributed by atoms with Crippen LogP contribution in [0.4, 0.5) is 0 Å². The first-order valence-corrected chi connectivity index (χ1v) is 10.1. The Morgan fingerprint density at radius 1 is 0.700 bits per heavy atom. The summed E-state index contributed by atoms with van der Waals surface area (Å²) >= 11 is 0. The Labute approximate surface area is 173 Å². The molecule has 0 spiro atoms. The summed E-state index contributed by atoms with van der Waals surface area (Å²) in [6.07, 6.45) is 1.26. The van der Waals surface area contributed by atoms with Gasteiger partial charge in [0.05, 0.1) is 0 Å². The Hall–Kier alpha value is -3.16. The minimum atomic E-state index is -1.52. The number of fused-ring (bicyclic) bond motifs is 2. The predicted octanol–water partition coefficient (Wildman–Crippen LogP) is 1.51. The van der Waals surface area contributed by atoms with Gasteiger partial charge in [0.25, 0.3) is 0 Å². The lowest BCUT2D eigenvalue weighted by Crippen LogP contribution is -2.41. The van der Waals surface area contributed by atoms with Crippen LogP contribution in [-0.2, 0) is 9.59 Å². The fraction of sp³-hybridized carbons (Fsp3) is 0.455. The normalized spacial score (nSPS) is 18.3. The fourth-order valence-corrected chi connectivity index (χ4v) is 3.61. The largest absolute Gasteiger partial charge is 0.353 e. The number of benzene rings is 1. The van der Waals surface area contributed by atoms with Crippen LogP contribution in [0.2, 0.25) is 0 Å². The smallest absolute Gasteiger partial charge is 0.239 e. The second-order valence-corrected chi connectivity index (χ2v) is 7.90. The van der Waals surface area contributed by atoms with E-state index in [1.54, 1.807) is 13.8 Å². The van der Waals surface area contributed by atoms with Crippen molar-refractivity contribution in [1.82, 2.24) is 10.6 Å². The molecule has 2 N–H and O–H groups in total. The molecule has 0 heterocycles. The van der Waals surface area contributed by atoms with E-state index in [1.807, 2.05) is 13.8 Å². The first-order valence-electron chi connectivity index (χ1n) is 10.1. The van der Waals surface area contributed by atoms with E-state index in [4.69, 9.17) is 0 Å². The van der Waals surface area contributed by atoms with E-state index in [2.05, 4.69) is 10.6 Å². The Morgan fingerprint density at radius 3 is 1.20 bits per heavy atom. The number of Topliss-reactive ketones (excluding diaryl/α,β-unsaturated/α-hetero) is 4. The van der Waals surface area contributed by atoms with Crippen LogP contribution in [0.1, 0.15) is 82.0 Å². The van der Waals surface area contributed by atoms with Gasteiger partial charge in [-0.3, -0.25) is 28.8 Å². The van der Waals surface area contributed by atoms with Gasteiger partial charge in [-0.15, -0.1) is 0 Å². The second kappa shape index (κ2) is 7.93. The Morgan fingerprint density at radius 2 is 0.967 bits per heavy atom. The monoisotopic (exact) mass is 412 g/mol. The van der Waals surface area contributed by atoms with Gasteiger partial charge >= 0.3 is 0 Å². The van der Waals surface area contributed by atoms with Crippen LogP contribution in [-0.4, -0.2) is 47.0 Å². The van der Waals surface area contributed by atoms with E-state index in [-0.39, 0.29) is 34.3 Å². The summed E-state index contributed by atoms with van der Waals surface area (Å²) in [5.41, 5.74) is -0.251. The minimum Gasteiger partial charge on any atom is -0.353 e. The van der Waals surface area contributed by atoms with Crippen molar-refractivity contribution in [2.45, 2.75) is 52.6 Å². The highest BCUT2D eigenvalue weighted by atomic mass is 16.2. The molecule has 2 unspecified atom stereocenters. The third kappa shape index (κ3) is 3.36. The molecule has 2 atom stereocenters. The van der Waals surface area contributed by atoms with Crippen LogP contribution in [0.15, 0.2) is 12.1 Å². The highest BCUT2D eigenvalue weighted by molar-refractivity contribution is 6.39. The van der Waals surface area contributed by atoms with Crippen LogP contribution in [0, 0.1) is 11.8 Å². The molecule has 8 nitrogen and oxygen atoms in total. The van der Waals surface area contributed by atoms with Crippen LogP contribution >= 0.6 is 0 Å². The molecule has 1 aromatic rings. The molecule has 3 rings (SSSR count). The van der Waals surface area contributed by atoms with Crippen LogP contribution < -0.4 is 10.6 Å². The van der Waals surface area contributed by atoms with Gasteiger partial charge in [-0.05, 0) is 38.8 Å². The SMILES string of the molecule is CCC(C)NC(=O)C1C(=O)c2cc3c(cc2C1=O)C(=O)C(C(=O)NC(C)CC)C3=O. The summed E-state index contributed by atoms with van der Waals surface area (Å²) in [5.74, 6) is -7.24. The number of amides is 2. The zero-order valence-electron chi connectivity index (χ0n) is 17.3. The van der Waals surface area contributed by atoms with Gasteiger partial charge in [0, 0.05) is 34.3 Å². The van der Waals surface area contributed by atoms with Gasteiger partial charge < -0.3 is 10.6 Å². The number of ketones is 4. The molecule has 0 saturated carbocycles. The standard InChI is InChI=1S/C22H24N2O6/c1-5-9(3)23-21(29)15-17(25)11-7-13-14(8-12(11)18(15)26)20(28)16(19(13)27)22(30)24-10(4)6-2/h7-10,15-16H,5-6H2,1-4H3,(H,23,29)(H,24,30). The van der Waals surface area contributed by atoms with Crippen molar-refractivity contribution in [3.05, 3.63) is 34.4 Å². The van der Waals surface area contributed by atoms with Gasteiger partial charge in [0.1, 0.15) is 0 Å². The number of carbonyl (C=O) groups is 6. The van der Waals surface area contributed by atoms with Gasteiger partial charge in [0.2, 0.25) is 11.8 Å². The quantitative estimate of drug-likeness (QED) is 0.682. The summed E-state index contributed by atoms with van der Waals surface area (Å²) in [4.78, 5) is 75.8. The third-order valence-electron chi connectivity index (χ3n) is 5.79. The Kier molecular flexibility index (Phi) is 5.70. The molecule has 0 aromatic heterocycles. The van der Waals surface area contributed by atoms with E-state index in [0.717, 1.165) is 0 Å². The number of carbonyl (C=O) groups excluding carboxylic acids is 6. The maximum Gasteiger partial charge on any atom is 0.239 e.